The van der Waals surface area contributed by atoms with Gasteiger partial charge < -0.3 is 0 Å². The summed E-state index contributed by atoms with van der Waals surface area (Å²) in [6, 6.07) is 40.2. The summed E-state index contributed by atoms with van der Waals surface area (Å²) in [6.45, 7) is 0. The lowest BCUT2D eigenvalue weighted by molar-refractivity contribution is 0.679. The van der Waals surface area contributed by atoms with Gasteiger partial charge in [0.1, 0.15) is 0 Å². The maximum Gasteiger partial charge on any atom is 0.0137 e. The zero-order valence-corrected chi connectivity index (χ0v) is 27.1. The Labute approximate surface area is 283 Å². The highest BCUT2D eigenvalue weighted by molar-refractivity contribution is 5.96. The monoisotopic (exact) mass is 614 g/mol. The number of hydrogen-bond acceptors (Lipinski definition) is 0. The zero-order valence-electron chi connectivity index (χ0n) is 27.1. The molecule has 0 spiro atoms. The van der Waals surface area contributed by atoms with Gasteiger partial charge in [-0.1, -0.05) is 164 Å². The molecule has 0 amide bonds. The molecule has 4 aliphatic rings. The van der Waals surface area contributed by atoms with E-state index in [1.807, 2.05) is 0 Å². The van der Waals surface area contributed by atoms with Crippen molar-refractivity contribution in [1.82, 2.24) is 0 Å². The molecule has 0 heterocycles. The normalized spacial score (nSPS) is 20.3. The third-order valence-electron chi connectivity index (χ3n) is 10.7. The molecule has 0 saturated carbocycles. The molecule has 5 aromatic rings. The van der Waals surface area contributed by atoms with Gasteiger partial charge in [-0.3, -0.25) is 0 Å². The molecule has 9 rings (SSSR count). The second-order valence-electron chi connectivity index (χ2n) is 13.5. The van der Waals surface area contributed by atoms with Gasteiger partial charge in [-0.05, 0) is 108 Å². The van der Waals surface area contributed by atoms with E-state index >= 15 is 0 Å². The van der Waals surface area contributed by atoms with Crippen LogP contribution in [0.5, 0.6) is 0 Å². The van der Waals surface area contributed by atoms with E-state index in [1.54, 1.807) is 0 Å². The lowest BCUT2D eigenvalue weighted by atomic mass is 9.68. The van der Waals surface area contributed by atoms with Crippen LogP contribution in [0.1, 0.15) is 36.8 Å². The van der Waals surface area contributed by atoms with Gasteiger partial charge in [0.2, 0.25) is 0 Å². The van der Waals surface area contributed by atoms with E-state index in [0.29, 0.717) is 11.8 Å². The van der Waals surface area contributed by atoms with Crippen LogP contribution in [0.15, 0.2) is 187 Å². The Bertz CT molecular complexity index is 2440. The molecule has 2 atom stereocenters. The van der Waals surface area contributed by atoms with Crippen LogP contribution in [-0.4, -0.2) is 0 Å². The van der Waals surface area contributed by atoms with Crippen LogP contribution < -0.4 is 10.4 Å². The Morgan fingerprint density at radius 3 is 1.79 bits per heavy atom. The summed E-state index contributed by atoms with van der Waals surface area (Å²) in [7, 11) is 0. The molecule has 0 N–H and O–H groups in total. The van der Waals surface area contributed by atoms with Crippen LogP contribution in [0, 0.1) is 11.8 Å². The minimum atomic E-state index is 0.308. The van der Waals surface area contributed by atoms with Crippen LogP contribution in [0.25, 0.3) is 38.3 Å². The van der Waals surface area contributed by atoms with Crippen molar-refractivity contribution in [3.05, 3.63) is 208 Å². The average Bonchev–Trinajstić information content (AvgIpc) is 3.16. The minimum absolute atomic E-state index is 0.308. The maximum atomic E-state index is 2.44. The predicted molar refractivity (Wildman–Crippen MR) is 205 cm³/mol. The first-order valence-electron chi connectivity index (χ1n) is 17.4. The highest BCUT2D eigenvalue weighted by Crippen LogP contribution is 2.43. The van der Waals surface area contributed by atoms with Gasteiger partial charge in [0.15, 0.2) is 0 Å². The molecule has 0 aromatic heterocycles. The molecule has 0 aliphatic heterocycles. The molecule has 0 heteroatoms. The molecule has 48 heavy (non-hydrogen) atoms. The Morgan fingerprint density at radius 2 is 1.06 bits per heavy atom. The standard InChI is InChI=1S/C48H38/c1-2-12-39-32-40(31-30-35(39)10-1)36-26-22-33(23-27-36)20-21-34-24-28-38(29-25-34)47-43-15-5-7-17-45(43)48(46-18-8-6-16-44(46)47)42-19-9-13-37-11-3-4-14-41(37)42/h1-22,24,26,28,30-32,43,45H,23,25,27,29H2. The smallest absolute Gasteiger partial charge is 0.0137 e. The van der Waals surface area contributed by atoms with Gasteiger partial charge in [0.25, 0.3) is 0 Å². The molecule has 0 nitrogen and oxygen atoms in total. The largest absolute Gasteiger partial charge is 0.0761 e. The molecule has 0 bridgehead atoms. The van der Waals surface area contributed by atoms with Crippen LogP contribution in [0.2, 0.25) is 0 Å². The second kappa shape index (κ2) is 12.3. The van der Waals surface area contributed by atoms with Gasteiger partial charge >= 0.3 is 0 Å². The first kappa shape index (κ1) is 28.7. The Morgan fingerprint density at radius 1 is 0.458 bits per heavy atom. The van der Waals surface area contributed by atoms with Crippen molar-refractivity contribution in [1.29, 1.82) is 0 Å². The van der Waals surface area contributed by atoms with Crippen molar-refractivity contribution in [2.45, 2.75) is 25.7 Å². The van der Waals surface area contributed by atoms with E-state index in [1.165, 1.54) is 76.5 Å². The van der Waals surface area contributed by atoms with Crippen LogP contribution in [-0.2, 0) is 0 Å². The van der Waals surface area contributed by atoms with Crippen molar-refractivity contribution in [2.24, 2.45) is 11.8 Å². The Kier molecular flexibility index (Phi) is 7.36. The molecule has 2 unspecified atom stereocenters. The fourth-order valence-corrected chi connectivity index (χ4v) is 8.30. The van der Waals surface area contributed by atoms with Gasteiger partial charge in [0, 0.05) is 11.8 Å². The van der Waals surface area contributed by atoms with Gasteiger partial charge in [-0.15, -0.1) is 0 Å². The van der Waals surface area contributed by atoms with E-state index in [2.05, 4.69) is 170 Å². The summed E-state index contributed by atoms with van der Waals surface area (Å²) in [6.07, 6.45) is 27.8. The highest BCUT2D eigenvalue weighted by atomic mass is 14.4. The van der Waals surface area contributed by atoms with E-state index in [4.69, 9.17) is 0 Å². The van der Waals surface area contributed by atoms with Gasteiger partial charge in [0.05, 0.1) is 0 Å². The molecule has 4 aliphatic carbocycles. The van der Waals surface area contributed by atoms with E-state index in [-0.39, 0.29) is 0 Å². The molecule has 0 fully saturated rings. The predicted octanol–water partition coefficient (Wildman–Crippen LogP) is 10.7. The molecular formula is C48H38. The topological polar surface area (TPSA) is 0 Å². The number of rotatable bonds is 5. The molecule has 5 aromatic carbocycles. The van der Waals surface area contributed by atoms with Crippen molar-refractivity contribution >= 4 is 38.3 Å². The average molecular weight is 615 g/mol. The summed E-state index contributed by atoms with van der Waals surface area (Å²) >= 11 is 0. The third-order valence-corrected chi connectivity index (χ3v) is 10.7. The number of fused-ring (bicyclic) bond motifs is 4. The number of allylic oxidation sites excluding steroid dienone is 14. The summed E-state index contributed by atoms with van der Waals surface area (Å²) in [5.74, 6) is 0.634. The molecular weight excluding hydrogens is 577 g/mol. The van der Waals surface area contributed by atoms with Crippen LogP contribution in [0.3, 0.4) is 0 Å². The number of hydrogen-bond donors (Lipinski definition) is 0. The van der Waals surface area contributed by atoms with Crippen molar-refractivity contribution in [3.8, 4) is 0 Å². The third kappa shape index (κ3) is 5.19. The summed E-state index contributed by atoms with van der Waals surface area (Å²) in [5, 5.41) is 8.01. The Balaban J connectivity index is 1.05. The van der Waals surface area contributed by atoms with Crippen molar-refractivity contribution in [2.75, 3.05) is 0 Å². The van der Waals surface area contributed by atoms with Crippen LogP contribution >= 0.6 is 0 Å². The van der Waals surface area contributed by atoms with E-state index < -0.39 is 0 Å². The van der Waals surface area contributed by atoms with E-state index in [0.717, 1.165) is 25.7 Å². The first-order valence-corrected chi connectivity index (χ1v) is 17.4. The first-order chi connectivity index (χ1) is 23.8. The van der Waals surface area contributed by atoms with Gasteiger partial charge in [-0.2, -0.15) is 0 Å². The maximum absolute atomic E-state index is 2.44. The molecule has 0 radical (unpaired) electrons. The SMILES string of the molecule is C1=CC2C(C3=CC=C(C=CC4=CC=C(c5ccc6ccccc6c5)CC4)CC3)=c3ccccc3=C(c3cccc4ccccc34)C2C=C1. The molecule has 230 valence electrons. The Hall–Kier alpha value is -5.46. The van der Waals surface area contributed by atoms with Gasteiger partial charge in [-0.25, -0.2) is 0 Å². The highest BCUT2D eigenvalue weighted by Gasteiger charge is 2.33. The van der Waals surface area contributed by atoms with Crippen molar-refractivity contribution < 1.29 is 0 Å². The molecule has 0 saturated heterocycles. The summed E-state index contributed by atoms with van der Waals surface area (Å²) < 4.78 is 0. The van der Waals surface area contributed by atoms with Crippen LogP contribution in [0.4, 0.5) is 0 Å². The lowest BCUT2D eigenvalue weighted by Crippen LogP contribution is -2.40. The number of benzene rings is 5. The van der Waals surface area contributed by atoms with Crippen molar-refractivity contribution in [3.63, 3.8) is 0 Å². The van der Waals surface area contributed by atoms with E-state index in [9.17, 15) is 0 Å². The summed E-state index contributed by atoms with van der Waals surface area (Å²) in [5.41, 5.74) is 11.4. The quantitative estimate of drug-likeness (QED) is 0.185. The minimum Gasteiger partial charge on any atom is -0.0761 e. The second-order valence-corrected chi connectivity index (χ2v) is 13.5. The fourth-order valence-electron chi connectivity index (χ4n) is 8.30. The lowest BCUT2D eigenvalue weighted by Gasteiger charge is -2.35. The summed E-state index contributed by atoms with van der Waals surface area (Å²) in [4.78, 5) is 0. The fraction of sp³-hybridized carbons (Fsp3) is 0.125. The zero-order chi connectivity index (χ0) is 31.9.